The highest BCUT2D eigenvalue weighted by atomic mass is 35.5. The van der Waals surface area contributed by atoms with Crippen molar-refractivity contribution < 1.29 is 19.0 Å². The zero-order valence-electron chi connectivity index (χ0n) is 19.0. The van der Waals surface area contributed by atoms with Gasteiger partial charge in [0.1, 0.15) is 11.9 Å². The van der Waals surface area contributed by atoms with E-state index in [4.69, 9.17) is 16.3 Å². The van der Waals surface area contributed by atoms with Crippen LogP contribution in [0.1, 0.15) is 37.4 Å². The third-order valence-corrected chi connectivity index (χ3v) is 9.08. The molecule has 34 heavy (non-hydrogen) atoms. The molecule has 2 aromatic heterocycles. The number of alkyl halides is 1. The van der Waals surface area contributed by atoms with Gasteiger partial charge in [0.15, 0.2) is 0 Å². The summed E-state index contributed by atoms with van der Waals surface area (Å²) in [7, 11) is 1.55. The molecule has 5 nitrogen and oxygen atoms in total. The SMILES string of the molecule is COc1ccc2ncc(Cl)c(C(F)CCC3(C(=O)O)CCN(CCSc4cccs4)CC3)c2c1. The number of carboxylic acid groups (broad SMARTS) is 1. The summed E-state index contributed by atoms with van der Waals surface area (Å²) in [6.07, 6.45) is 1.48. The number of benzene rings is 1. The van der Waals surface area contributed by atoms with E-state index in [0.29, 0.717) is 48.1 Å². The van der Waals surface area contributed by atoms with Crippen molar-refractivity contribution in [1.29, 1.82) is 0 Å². The van der Waals surface area contributed by atoms with E-state index in [1.807, 2.05) is 17.8 Å². The number of carbonyl (C=O) groups is 1. The van der Waals surface area contributed by atoms with Crippen LogP contribution >= 0.6 is 34.7 Å². The summed E-state index contributed by atoms with van der Waals surface area (Å²) in [5, 5.41) is 13.0. The van der Waals surface area contributed by atoms with E-state index in [1.54, 1.807) is 36.6 Å². The lowest BCUT2D eigenvalue weighted by Crippen LogP contribution is -2.45. The molecule has 1 aliphatic heterocycles. The summed E-state index contributed by atoms with van der Waals surface area (Å²) in [5.41, 5.74) is 0.0769. The number of halogens is 2. The number of fused-ring (bicyclic) bond motifs is 1. The van der Waals surface area contributed by atoms with Crippen LogP contribution in [0.5, 0.6) is 5.75 Å². The molecule has 1 aliphatic rings. The standard InChI is InChI=1S/C25H28ClFN2O3S2/c1-32-17-4-5-21-18(15-17)23(19(26)16-28-21)20(27)6-7-25(24(30)31)8-10-29(11-9-25)12-14-34-22-3-2-13-33-22/h2-5,13,15-16,20H,6-12,14H2,1H3,(H,30,31). The first kappa shape index (κ1) is 25.2. The third kappa shape index (κ3) is 5.67. The van der Waals surface area contributed by atoms with Gasteiger partial charge in [-0.25, -0.2) is 4.39 Å². The van der Waals surface area contributed by atoms with Gasteiger partial charge in [-0.2, -0.15) is 0 Å². The Balaban J connectivity index is 1.39. The number of hydrogen-bond donors (Lipinski definition) is 1. The molecule has 0 saturated carbocycles. The second kappa shape index (κ2) is 11.2. The van der Waals surface area contributed by atoms with Crippen LogP contribution in [-0.4, -0.2) is 53.5 Å². The number of aliphatic carboxylic acids is 1. The van der Waals surface area contributed by atoms with Crippen molar-refractivity contribution in [3.63, 3.8) is 0 Å². The largest absolute Gasteiger partial charge is 0.497 e. The molecule has 0 bridgehead atoms. The minimum Gasteiger partial charge on any atom is -0.497 e. The molecule has 3 heterocycles. The number of pyridine rings is 1. The van der Waals surface area contributed by atoms with Gasteiger partial charge in [0, 0.05) is 29.4 Å². The fraction of sp³-hybridized carbons (Fsp3) is 0.440. The summed E-state index contributed by atoms with van der Waals surface area (Å²) in [6.45, 7) is 2.35. The highest BCUT2D eigenvalue weighted by Crippen LogP contribution is 2.42. The highest BCUT2D eigenvalue weighted by molar-refractivity contribution is 8.01. The second-order valence-electron chi connectivity index (χ2n) is 8.62. The highest BCUT2D eigenvalue weighted by Gasteiger charge is 2.41. The van der Waals surface area contributed by atoms with Crippen molar-refractivity contribution in [2.45, 2.75) is 36.1 Å². The topological polar surface area (TPSA) is 62.7 Å². The van der Waals surface area contributed by atoms with Crippen molar-refractivity contribution in [1.82, 2.24) is 9.88 Å². The fourth-order valence-electron chi connectivity index (χ4n) is 4.56. The third-order valence-electron chi connectivity index (χ3n) is 6.67. The van der Waals surface area contributed by atoms with Gasteiger partial charge in [-0.05, 0) is 68.4 Å². The van der Waals surface area contributed by atoms with Gasteiger partial charge in [-0.1, -0.05) is 17.7 Å². The van der Waals surface area contributed by atoms with E-state index in [9.17, 15) is 9.90 Å². The molecule has 9 heteroatoms. The maximum atomic E-state index is 15.6. The Morgan fingerprint density at radius 2 is 2.18 bits per heavy atom. The fourth-order valence-corrected chi connectivity index (χ4v) is 6.69. The number of rotatable bonds is 10. The zero-order chi connectivity index (χ0) is 24.1. The molecular formula is C25H28ClFN2O3S2. The molecule has 0 amide bonds. The van der Waals surface area contributed by atoms with Crippen LogP contribution in [0.15, 0.2) is 46.1 Å². The number of methoxy groups -OCH3 is 1. The summed E-state index contributed by atoms with van der Waals surface area (Å²) in [5.74, 6) is 0.737. The van der Waals surface area contributed by atoms with Crippen LogP contribution in [0.2, 0.25) is 5.02 Å². The van der Waals surface area contributed by atoms with Gasteiger partial charge in [0.05, 0.1) is 27.3 Å². The Labute approximate surface area is 212 Å². The summed E-state index contributed by atoms with van der Waals surface area (Å²) < 4.78 is 22.1. The van der Waals surface area contributed by atoms with Crippen LogP contribution in [0.3, 0.4) is 0 Å². The van der Waals surface area contributed by atoms with Crippen LogP contribution in [0.25, 0.3) is 10.9 Å². The molecule has 0 aliphatic carbocycles. The minimum atomic E-state index is -1.39. The molecule has 1 N–H and O–H groups in total. The quantitative estimate of drug-likeness (QED) is 0.299. The first-order valence-electron chi connectivity index (χ1n) is 11.3. The monoisotopic (exact) mass is 522 g/mol. The lowest BCUT2D eigenvalue weighted by Gasteiger charge is -2.39. The van der Waals surface area contributed by atoms with Gasteiger partial charge < -0.3 is 14.7 Å². The van der Waals surface area contributed by atoms with Crippen LogP contribution in [-0.2, 0) is 4.79 Å². The normalized spacial score (nSPS) is 17.0. The number of piperidine rings is 1. The smallest absolute Gasteiger partial charge is 0.309 e. The van der Waals surface area contributed by atoms with Crippen molar-refractivity contribution >= 4 is 51.6 Å². The van der Waals surface area contributed by atoms with Crippen LogP contribution in [0.4, 0.5) is 4.39 Å². The summed E-state index contributed by atoms with van der Waals surface area (Å²) in [6, 6.07) is 9.43. The number of aromatic nitrogens is 1. The number of nitrogens with zero attached hydrogens (tertiary/aromatic N) is 2. The molecule has 1 unspecified atom stereocenters. The Kier molecular flexibility index (Phi) is 8.34. The Bertz CT molecular complexity index is 1120. The molecule has 0 spiro atoms. The number of likely N-dealkylation sites (tertiary alicyclic amines) is 1. The average Bonchev–Trinajstić information content (AvgIpc) is 3.36. The number of carboxylic acids is 1. The maximum absolute atomic E-state index is 15.6. The van der Waals surface area contributed by atoms with Crippen molar-refractivity contribution in [2.75, 3.05) is 32.5 Å². The minimum absolute atomic E-state index is 0.0938. The van der Waals surface area contributed by atoms with E-state index in [1.165, 1.54) is 10.4 Å². The number of thiophene rings is 1. The molecule has 1 aromatic carbocycles. The van der Waals surface area contributed by atoms with Gasteiger partial charge >= 0.3 is 5.97 Å². The van der Waals surface area contributed by atoms with E-state index >= 15 is 4.39 Å². The molecule has 0 radical (unpaired) electrons. The Hall–Kier alpha value is -1.87. The van der Waals surface area contributed by atoms with Crippen LogP contribution in [0, 0.1) is 5.41 Å². The summed E-state index contributed by atoms with van der Waals surface area (Å²) >= 11 is 9.91. The van der Waals surface area contributed by atoms with Gasteiger partial charge in [-0.3, -0.25) is 9.78 Å². The molecule has 182 valence electrons. The van der Waals surface area contributed by atoms with Crippen molar-refractivity contribution in [3.8, 4) is 5.75 Å². The van der Waals surface area contributed by atoms with Crippen LogP contribution < -0.4 is 4.74 Å². The lowest BCUT2D eigenvalue weighted by molar-refractivity contribution is -0.153. The van der Waals surface area contributed by atoms with E-state index < -0.39 is 17.6 Å². The number of hydrogen-bond acceptors (Lipinski definition) is 6. The molecule has 1 saturated heterocycles. The molecule has 4 rings (SSSR count). The first-order chi connectivity index (χ1) is 16.4. The Morgan fingerprint density at radius 1 is 1.38 bits per heavy atom. The average molecular weight is 523 g/mol. The first-order valence-corrected chi connectivity index (χ1v) is 13.5. The molecular weight excluding hydrogens is 495 g/mol. The second-order valence-corrected chi connectivity index (χ2v) is 11.4. The van der Waals surface area contributed by atoms with Crippen molar-refractivity contribution in [2.24, 2.45) is 5.41 Å². The summed E-state index contributed by atoms with van der Waals surface area (Å²) in [4.78, 5) is 18.9. The maximum Gasteiger partial charge on any atom is 0.309 e. The number of ether oxygens (including phenoxy) is 1. The van der Waals surface area contributed by atoms with Gasteiger partial charge in [-0.15, -0.1) is 23.1 Å². The van der Waals surface area contributed by atoms with E-state index in [-0.39, 0.29) is 17.9 Å². The lowest BCUT2D eigenvalue weighted by atomic mass is 9.74. The van der Waals surface area contributed by atoms with E-state index in [0.717, 1.165) is 12.3 Å². The predicted octanol–water partition coefficient (Wildman–Crippen LogP) is 6.71. The van der Waals surface area contributed by atoms with Crippen molar-refractivity contribution in [3.05, 3.63) is 52.5 Å². The van der Waals surface area contributed by atoms with Gasteiger partial charge in [0.25, 0.3) is 0 Å². The Morgan fingerprint density at radius 3 is 2.85 bits per heavy atom. The zero-order valence-corrected chi connectivity index (χ0v) is 21.4. The predicted molar refractivity (Wildman–Crippen MR) is 137 cm³/mol. The molecule has 3 aromatic rings. The molecule has 1 fully saturated rings. The van der Waals surface area contributed by atoms with Gasteiger partial charge in [0.2, 0.25) is 0 Å². The number of thioether (sulfide) groups is 1. The molecule has 1 atom stereocenters. The van der Waals surface area contributed by atoms with E-state index in [2.05, 4.69) is 21.3 Å².